The van der Waals surface area contributed by atoms with Crippen molar-refractivity contribution in [2.45, 2.75) is 6.92 Å². The van der Waals surface area contributed by atoms with E-state index >= 15 is 0 Å². The van der Waals surface area contributed by atoms with Crippen LogP contribution in [0.5, 0.6) is 0 Å². The molecule has 0 atom stereocenters. The van der Waals surface area contributed by atoms with Crippen LogP contribution in [0.1, 0.15) is 11.1 Å². The fourth-order valence-corrected chi connectivity index (χ4v) is 1.35. The number of benzene rings is 1. The number of nitro groups is 1. The summed E-state index contributed by atoms with van der Waals surface area (Å²) in [6.07, 6.45) is 3.65. The van der Waals surface area contributed by atoms with Crippen LogP contribution in [0.25, 0.3) is 6.08 Å². The molecule has 0 amide bonds. The lowest BCUT2D eigenvalue weighted by Crippen LogP contribution is -2.04. The number of hydrogen-bond acceptors (Lipinski definition) is 4. The number of nitrogens with one attached hydrogen (secondary N) is 1. The number of nitro benzene ring substituents is 1. The van der Waals surface area contributed by atoms with Gasteiger partial charge in [-0.3, -0.25) is 10.1 Å². The average Bonchev–Trinajstić information content (AvgIpc) is 2.24. The monoisotopic (exact) mass is 221 g/mol. The Morgan fingerprint density at radius 2 is 2.25 bits per heavy atom. The van der Waals surface area contributed by atoms with Crippen LogP contribution < -0.4 is 11.1 Å². The smallest absolute Gasteiger partial charge is 0.270 e. The molecule has 0 bridgehead atoms. The largest absolute Gasteiger partial charge is 0.398 e. The van der Waals surface area contributed by atoms with E-state index < -0.39 is 4.92 Å². The van der Waals surface area contributed by atoms with Gasteiger partial charge in [0.15, 0.2) is 0 Å². The molecule has 0 saturated heterocycles. The highest BCUT2D eigenvalue weighted by atomic mass is 16.6. The zero-order valence-corrected chi connectivity index (χ0v) is 9.36. The molecule has 1 aromatic carbocycles. The van der Waals surface area contributed by atoms with Gasteiger partial charge in [0, 0.05) is 29.9 Å². The van der Waals surface area contributed by atoms with Gasteiger partial charge in [0.05, 0.1) is 4.92 Å². The van der Waals surface area contributed by atoms with E-state index in [9.17, 15) is 10.1 Å². The molecule has 3 N–H and O–H groups in total. The summed E-state index contributed by atoms with van der Waals surface area (Å²) in [4.78, 5) is 10.3. The third-order valence-corrected chi connectivity index (χ3v) is 2.23. The van der Waals surface area contributed by atoms with E-state index in [0.29, 0.717) is 17.8 Å². The third-order valence-electron chi connectivity index (χ3n) is 2.23. The number of hydrogen-bond donors (Lipinski definition) is 2. The molecular weight excluding hydrogens is 206 g/mol. The molecule has 0 saturated carbocycles. The maximum Gasteiger partial charge on any atom is 0.270 e. The molecule has 0 radical (unpaired) electrons. The van der Waals surface area contributed by atoms with E-state index in [1.54, 1.807) is 13.0 Å². The highest BCUT2D eigenvalue weighted by Gasteiger charge is 2.10. The minimum Gasteiger partial charge on any atom is -0.398 e. The molecule has 86 valence electrons. The summed E-state index contributed by atoms with van der Waals surface area (Å²) in [7, 11) is 1.83. The molecule has 0 aliphatic carbocycles. The van der Waals surface area contributed by atoms with Gasteiger partial charge in [-0.1, -0.05) is 12.2 Å². The maximum atomic E-state index is 10.7. The number of aryl methyl sites for hydroxylation is 1. The van der Waals surface area contributed by atoms with Gasteiger partial charge in [-0.05, 0) is 19.5 Å². The van der Waals surface area contributed by atoms with Crippen LogP contribution in [-0.2, 0) is 0 Å². The molecule has 0 fully saturated rings. The van der Waals surface area contributed by atoms with Crippen molar-refractivity contribution in [1.82, 2.24) is 5.32 Å². The van der Waals surface area contributed by atoms with E-state index in [0.717, 1.165) is 5.56 Å². The number of rotatable bonds is 4. The molecule has 0 aromatic heterocycles. The highest BCUT2D eigenvalue weighted by molar-refractivity contribution is 5.70. The standard InChI is InChI=1S/C11H15N3O2/c1-8-6-10(14(15)16)7-9(11(8)12)4-3-5-13-2/h3-4,6-7,13H,5,12H2,1-2H3. The van der Waals surface area contributed by atoms with Crippen LogP contribution >= 0.6 is 0 Å². The summed E-state index contributed by atoms with van der Waals surface area (Å²) in [5.41, 5.74) is 7.89. The Hall–Kier alpha value is -1.88. The Kier molecular flexibility index (Phi) is 4.02. The van der Waals surface area contributed by atoms with Gasteiger partial charge in [0.1, 0.15) is 0 Å². The lowest BCUT2D eigenvalue weighted by molar-refractivity contribution is -0.384. The molecule has 0 heterocycles. The zero-order valence-electron chi connectivity index (χ0n) is 9.36. The first-order valence-corrected chi connectivity index (χ1v) is 4.92. The van der Waals surface area contributed by atoms with Gasteiger partial charge in [0.25, 0.3) is 5.69 Å². The first-order valence-electron chi connectivity index (χ1n) is 4.92. The number of nitrogens with two attached hydrogens (primary N) is 1. The first kappa shape index (κ1) is 12.2. The van der Waals surface area contributed by atoms with Gasteiger partial charge >= 0.3 is 0 Å². The van der Waals surface area contributed by atoms with Gasteiger partial charge in [0.2, 0.25) is 0 Å². The molecule has 16 heavy (non-hydrogen) atoms. The molecule has 5 nitrogen and oxygen atoms in total. The third kappa shape index (κ3) is 2.80. The SMILES string of the molecule is CNCC=Cc1cc([N+](=O)[O-])cc(C)c1N. The quantitative estimate of drug-likeness (QED) is 0.461. The Balaban J connectivity index is 3.11. The molecule has 0 spiro atoms. The normalized spacial score (nSPS) is 10.9. The number of nitrogens with zero attached hydrogens (tertiary/aromatic N) is 1. The van der Waals surface area contributed by atoms with Gasteiger partial charge < -0.3 is 11.1 Å². The van der Waals surface area contributed by atoms with E-state index in [4.69, 9.17) is 5.73 Å². The minimum absolute atomic E-state index is 0.0656. The average molecular weight is 221 g/mol. The van der Waals surface area contributed by atoms with Crippen molar-refractivity contribution in [1.29, 1.82) is 0 Å². The van der Waals surface area contributed by atoms with Gasteiger partial charge in [-0.2, -0.15) is 0 Å². The van der Waals surface area contributed by atoms with Crippen LogP contribution in [0.3, 0.4) is 0 Å². The Labute approximate surface area is 94.1 Å². The lowest BCUT2D eigenvalue weighted by atomic mass is 10.1. The molecule has 1 rings (SSSR count). The number of non-ortho nitro benzene ring substituents is 1. The number of likely N-dealkylation sites (N-methyl/N-ethyl adjacent to an activating group) is 1. The Bertz CT molecular complexity index is 427. The van der Waals surface area contributed by atoms with Gasteiger partial charge in [-0.15, -0.1) is 0 Å². The van der Waals surface area contributed by atoms with Crippen molar-refractivity contribution in [3.63, 3.8) is 0 Å². The topological polar surface area (TPSA) is 81.2 Å². The van der Waals surface area contributed by atoms with Crippen molar-refractivity contribution < 1.29 is 4.92 Å². The van der Waals surface area contributed by atoms with Crippen LogP contribution in [-0.4, -0.2) is 18.5 Å². The summed E-state index contributed by atoms with van der Waals surface area (Å²) in [6, 6.07) is 2.96. The van der Waals surface area contributed by atoms with Crippen molar-refractivity contribution in [3.8, 4) is 0 Å². The molecule has 0 aliphatic rings. The summed E-state index contributed by atoms with van der Waals surface area (Å²) < 4.78 is 0. The second-order valence-electron chi connectivity index (χ2n) is 3.48. The fourth-order valence-electron chi connectivity index (χ4n) is 1.35. The van der Waals surface area contributed by atoms with E-state index in [1.165, 1.54) is 12.1 Å². The first-order chi connectivity index (χ1) is 7.56. The summed E-state index contributed by atoms with van der Waals surface area (Å²) in [5.74, 6) is 0. The second-order valence-corrected chi connectivity index (χ2v) is 3.48. The summed E-state index contributed by atoms with van der Waals surface area (Å²) in [5, 5.41) is 13.6. The Morgan fingerprint density at radius 3 is 2.81 bits per heavy atom. The number of nitrogen functional groups attached to an aromatic ring is 1. The fraction of sp³-hybridized carbons (Fsp3) is 0.273. The molecule has 1 aromatic rings. The van der Waals surface area contributed by atoms with Gasteiger partial charge in [-0.25, -0.2) is 0 Å². The molecule has 5 heteroatoms. The zero-order chi connectivity index (χ0) is 12.1. The van der Waals surface area contributed by atoms with E-state index in [1.807, 2.05) is 13.1 Å². The minimum atomic E-state index is -0.415. The predicted molar refractivity (Wildman–Crippen MR) is 65.2 cm³/mol. The van der Waals surface area contributed by atoms with Crippen LogP contribution in [0, 0.1) is 17.0 Å². The van der Waals surface area contributed by atoms with Crippen LogP contribution in [0.15, 0.2) is 18.2 Å². The predicted octanol–water partition coefficient (Wildman–Crippen LogP) is 1.72. The van der Waals surface area contributed by atoms with E-state index in [2.05, 4.69) is 5.32 Å². The highest BCUT2D eigenvalue weighted by Crippen LogP contribution is 2.25. The van der Waals surface area contributed by atoms with Crippen LogP contribution in [0.4, 0.5) is 11.4 Å². The summed E-state index contributed by atoms with van der Waals surface area (Å²) >= 11 is 0. The second kappa shape index (κ2) is 5.27. The van der Waals surface area contributed by atoms with Crippen molar-refractivity contribution in [2.24, 2.45) is 0 Å². The lowest BCUT2D eigenvalue weighted by Gasteiger charge is -2.04. The van der Waals surface area contributed by atoms with Crippen molar-refractivity contribution >= 4 is 17.5 Å². The van der Waals surface area contributed by atoms with Crippen LogP contribution in [0.2, 0.25) is 0 Å². The molecular formula is C11H15N3O2. The maximum absolute atomic E-state index is 10.7. The van der Waals surface area contributed by atoms with E-state index in [-0.39, 0.29) is 5.69 Å². The van der Waals surface area contributed by atoms with Crippen molar-refractivity contribution in [2.75, 3.05) is 19.3 Å². The van der Waals surface area contributed by atoms with Crippen molar-refractivity contribution in [3.05, 3.63) is 39.4 Å². The molecule has 0 aliphatic heterocycles. The number of anilines is 1. The Morgan fingerprint density at radius 1 is 1.56 bits per heavy atom. The summed E-state index contributed by atoms with van der Waals surface area (Å²) in [6.45, 7) is 2.46. The molecule has 0 unspecified atom stereocenters.